The average molecular weight is 418 g/mol. The van der Waals surface area contributed by atoms with Gasteiger partial charge in [-0.2, -0.15) is 5.10 Å². The van der Waals surface area contributed by atoms with Crippen molar-refractivity contribution in [2.75, 3.05) is 13.7 Å². The van der Waals surface area contributed by atoms with Crippen LogP contribution in [0.1, 0.15) is 24.1 Å². The monoisotopic (exact) mass is 418 g/mol. The highest BCUT2D eigenvalue weighted by Gasteiger charge is 2.44. The topological polar surface area (TPSA) is 91.6 Å². The fraction of sp³-hybridized carbons (Fsp3) is 0.227. The van der Waals surface area contributed by atoms with Crippen molar-refractivity contribution in [1.82, 2.24) is 29.5 Å². The maximum absolute atomic E-state index is 12.8. The van der Waals surface area contributed by atoms with Crippen LogP contribution in [0, 0.1) is 0 Å². The zero-order chi connectivity index (χ0) is 22.0. The van der Waals surface area contributed by atoms with Gasteiger partial charge in [0.1, 0.15) is 12.7 Å². The molecule has 2 aromatic carbocycles. The molecule has 0 radical (unpaired) electrons. The second kappa shape index (κ2) is 8.49. The van der Waals surface area contributed by atoms with E-state index < -0.39 is 17.8 Å². The van der Waals surface area contributed by atoms with Crippen molar-refractivity contribution >= 4 is 17.8 Å². The minimum atomic E-state index is -0.804. The number of benzene rings is 2. The zero-order valence-corrected chi connectivity index (χ0v) is 17.3. The Morgan fingerprint density at radius 1 is 0.935 bits per heavy atom. The summed E-state index contributed by atoms with van der Waals surface area (Å²) in [6.45, 7) is 2.06. The van der Waals surface area contributed by atoms with Gasteiger partial charge >= 0.3 is 17.8 Å². The molecule has 1 fully saturated rings. The number of urea groups is 1. The molecule has 0 aliphatic carbocycles. The number of aromatic nitrogens is 3. The molecule has 2 heterocycles. The highest BCUT2D eigenvalue weighted by atomic mass is 16.2. The highest BCUT2D eigenvalue weighted by molar-refractivity contribution is 6.44. The number of rotatable bonds is 7. The third-order valence-electron chi connectivity index (χ3n) is 5.40. The summed E-state index contributed by atoms with van der Waals surface area (Å²) >= 11 is 0. The van der Waals surface area contributed by atoms with Gasteiger partial charge in [-0.15, -0.1) is 0 Å². The molecule has 0 saturated carbocycles. The van der Waals surface area contributed by atoms with Crippen molar-refractivity contribution in [2.45, 2.75) is 19.5 Å². The molecule has 1 saturated heterocycles. The zero-order valence-electron chi connectivity index (χ0n) is 17.3. The largest absolute Gasteiger partial charge is 0.335 e. The summed E-state index contributed by atoms with van der Waals surface area (Å²) in [6, 6.07) is 16.2. The van der Waals surface area contributed by atoms with Gasteiger partial charge < -0.3 is 0 Å². The SMILES string of the molecule is C[C@@H](c1ccc(-n2cncn2)cc1)N(C)CN1C(=O)C(=O)N(Cc2ccccc2)C1=O. The molecule has 1 aromatic heterocycles. The molecule has 1 atom stereocenters. The number of hydrogen-bond donors (Lipinski definition) is 0. The Labute approximate surface area is 179 Å². The van der Waals surface area contributed by atoms with E-state index in [1.54, 1.807) is 18.1 Å². The second-order valence-corrected chi connectivity index (χ2v) is 7.40. The molecule has 158 valence electrons. The van der Waals surface area contributed by atoms with Crippen LogP contribution in [0.2, 0.25) is 0 Å². The van der Waals surface area contributed by atoms with Crippen LogP contribution < -0.4 is 0 Å². The number of amides is 4. The van der Waals surface area contributed by atoms with Crippen LogP contribution >= 0.6 is 0 Å². The van der Waals surface area contributed by atoms with Gasteiger partial charge in [-0.1, -0.05) is 42.5 Å². The van der Waals surface area contributed by atoms with Crippen LogP contribution in [-0.4, -0.2) is 61.0 Å². The molecule has 4 amide bonds. The lowest BCUT2D eigenvalue weighted by atomic mass is 10.1. The molecule has 4 rings (SSSR count). The van der Waals surface area contributed by atoms with Crippen molar-refractivity contribution in [3.05, 3.63) is 78.4 Å². The van der Waals surface area contributed by atoms with Gasteiger partial charge in [0, 0.05) is 6.04 Å². The summed E-state index contributed by atoms with van der Waals surface area (Å²) in [5, 5.41) is 4.10. The van der Waals surface area contributed by atoms with Gasteiger partial charge in [-0.3, -0.25) is 19.4 Å². The first-order valence-electron chi connectivity index (χ1n) is 9.82. The van der Waals surface area contributed by atoms with E-state index in [2.05, 4.69) is 10.1 Å². The van der Waals surface area contributed by atoms with Crippen LogP contribution in [0.5, 0.6) is 0 Å². The fourth-order valence-electron chi connectivity index (χ4n) is 3.43. The van der Waals surface area contributed by atoms with E-state index in [1.807, 2.05) is 66.4 Å². The summed E-state index contributed by atoms with van der Waals surface area (Å²) in [4.78, 5) is 45.4. The first-order valence-corrected chi connectivity index (χ1v) is 9.82. The van der Waals surface area contributed by atoms with Gasteiger partial charge in [-0.05, 0) is 37.2 Å². The van der Waals surface area contributed by atoms with Gasteiger partial charge in [0.15, 0.2) is 0 Å². The molecule has 1 aliphatic rings. The van der Waals surface area contributed by atoms with Crippen molar-refractivity contribution in [2.24, 2.45) is 0 Å². The maximum Gasteiger partial charge on any atom is 0.335 e. The Morgan fingerprint density at radius 2 is 1.61 bits per heavy atom. The van der Waals surface area contributed by atoms with Crippen molar-refractivity contribution < 1.29 is 14.4 Å². The number of nitrogens with zero attached hydrogens (tertiary/aromatic N) is 6. The van der Waals surface area contributed by atoms with Crippen molar-refractivity contribution in [3.63, 3.8) is 0 Å². The molecular weight excluding hydrogens is 396 g/mol. The number of carbonyl (C=O) groups excluding carboxylic acids is 3. The van der Waals surface area contributed by atoms with Gasteiger partial charge in [0.25, 0.3) is 0 Å². The van der Waals surface area contributed by atoms with E-state index >= 15 is 0 Å². The van der Waals surface area contributed by atoms with Crippen LogP contribution in [-0.2, 0) is 16.1 Å². The smallest absolute Gasteiger partial charge is 0.282 e. The first-order chi connectivity index (χ1) is 15.0. The van der Waals surface area contributed by atoms with Crippen LogP contribution in [0.4, 0.5) is 4.79 Å². The van der Waals surface area contributed by atoms with Gasteiger partial charge in [-0.25, -0.2) is 19.4 Å². The lowest BCUT2D eigenvalue weighted by Gasteiger charge is -2.28. The second-order valence-electron chi connectivity index (χ2n) is 7.40. The quantitative estimate of drug-likeness (QED) is 0.432. The molecule has 31 heavy (non-hydrogen) atoms. The van der Waals surface area contributed by atoms with E-state index in [-0.39, 0.29) is 19.3 Å². The Balaban J connectivity index is 1.43. The van der Waals surface area contributed by atoms with E-state index in [0.29, 0.717) is 0 Å². The van der Waals surface area contributed by atoms with Crippen LogP contribution in [0.3, 0.4) is 0 Å². The summed E-state index contributed by atoms with van der Waals surface area (Å²) in [6.07, 6.45) is 3.09. The van der Waals surface area contributed by atoms with Crippen molar-refractivity contribution in [1.29, 1.82) is 0 Å². The predicted molar refractivity (Wildman–Crippen MR) is 112 cm³/mol. The molecular formula is C22H22N6O3. The Bertz CT molecular complexity index is 1080. The molecule has 0 N–H and O–H groups in total. The molecule has 0 unspecified atom stereocenters. The van der Waals surface area contributed by atoms with Crippen LogP contribution in [0.15, 0.2) is 67.3 Å². The average Bonchev–Trinajstić information content (AvgIpc) is 3.40. The summed E-state index contributed by atoms with van der Waals surface area (Å²) in [5.74, 6) is -1.60. The molecule has 9 heteroatoms. The van der Waals surface area contributed by atoms with E-state index in [9.17, 15) is 14.4 Å². The summed E-state index contributed by atoms with van der Waals surface area (Å²) in [5.41, 5.74) is 2.66. The van der Waals surface area contributed by atoms with Gasteiger partial charge in [0.05, 0.1) is 18.9 Å². The van der Waals surface area contributed by atoms with Crippen LogP contribution in [0.25, 0.3) is 5.69 Å². The van der Waals surface area contributed by atoms with E-state index in [0.717, 1.165) is 26.6 Å². The Hall–Kier alpha value is -3.85. The van der Waals surface area contributed by atoms with Crippen molar-refractivity contribution in [3.8, 4) is 5.69 Å². The van der Waals surface area contributed by atoms with E-state index in [4.69, 9.17) is 0 Å². The normalized spacial score (nSPS) is 15.3. The third-order valence-corrected chi connectivity index (χ3v) is 5.40. The molecule has 3 aromatic rings. The molecule has 1 aliphatic heterocycles. The number of carbonyl (C=O) groups is 3. The molecule has 0 spiro atoms. The Morgan fingerprint density at radius 3 is 2.26 bits per heavy atom. The molecule has 9 nitrogen and oxygen atoms in total. The molecule has 0 bridgehead atoms. The fourth-order valence-corrected chi connectivity index (χ4v) is 3.43. The Kier molecular flexibility index (Phi) is 5.59. The minimum Gasteiger partial charge on any atom is -0.282 e. The lowest BCUT2D eigenvalue weighted by molar-refractivity contribution is -0.144. The number of imide groups is 2. The summed E-state index contributed by atoms with van der Waals surface area (Å²) < 4.78 is 1.66. The number of hydrogen-bond acceptors (Lipinski definition) is 6. The summed E-state index contributed by atoms with van der Waals surface area (Å²) in [7, 11) is 1.81. The predicted octanol–water partition coefficient (Wildman–Crippen LogP) is 2.21. The highest BCUT2D eigenvalue weighted by Crippen LogP contribution is 2.23. The minimum absolute atomic E-state index is 0.0146. The lowest BCUT2D eigenvalue weighted by Crippen LogP contribution is -2.41. The third kappa shape index (κ3) is 4.08. The standard InChI is InChI=1S/C22H22N6O3/c1-16(18-8-10-19(11-9-18)28-14-23-13-24-28)25(2)15-27-21(30)20(29)26(22(27)31)12-17-6-4-3-5-7-17/h3-11,13-14,16H,12,15H2,1-2H3/t16-/m0/s1. The van der Waals surface area contributed by atoms with E-state index in [1.165, 1.54) is 6.33 Å². The van der Waals surface area contributed by atoms with Gasteiger partial charge in [0.2, 0.25) is 0 Å². The maximum atomic E-state index is 12.8. The first kappa shape index (κ1) is 20.4.